The van der Waals surface area contributed by atoms with E-state index < -0.39 is 6.10 Å². The van der Waals surface area contributed by atoms with E-state index in [9.17, 15) is 4.79 Å². The molecule has 0 saturated heterocycles. The highest BCUT2D eigenvalue weighted by Gasteiger charge is 2.22. The highest BCUT2D eigenvalue weighted by Crippen LogP contribution is 2.20. The molecule has 0 heterocycles. The lowest BCUT2D eigenvalue weighted by atomic mass is 10.1. The largest absolute Gasteiger partial charge is 0.481 e. The first-order valence-electron chi connectivity index (χ1n) is 8.64. The van der Waals surface area contributed by atoms with Crippen LogP contribution in [0.5, 0.6) is 5.75 Å². The fraction of sp³-hybridized carbons (Fsp3) is 0.632. The van der Waals surface area contributed by atoms with Gasteiger partial charge in [-0.2, -0.15) is 0 Å². The SMILES string of the molecule is CCC(Oc1ccc(C)c(C)c1)C(=O)NC1CCCCCC1. The van der Waals surface area contributed by atoms with E-state index in [0.29, 0.717) is 12.5 Å². The van der Waals surface area contributed by atoms with Crippen LogP contribution in [0.15, 0.2) is 18.2 Å². The first-order chi connectivity index (χ1) is 10.6. The van der Waals surface area contributed by atoms with Crippen LogP contribution in [-0.4, -0.2) is 18.1 Å². The predicted octanol–water partition coefficient (Wildman–Crippen LogP) is 4.30. The third-order valence-electron chi connectivity index (χ3n) is 4.62. The van der Waals surface area contributed by atoms with E-state index in [4.69, 9.17) is 4.74 Å². The van der Waals surface area contributed by atoms with Gasteiger partial charge in [-0.05, 0) is 56.4 Å². The van der Waals surface area contributed by atoms with Crippen molar-refractivity contribution in [1.29, 1.82) is 0 Å². The zero-order valence-electron chi connectivity index (χ0n) is 14.2. The lowest BCUT2D eigenvalue weighted by Gasteiger charge is -2.22. The van der Waals surface area contributed by atoms with Gasteiger partial charge in [0.1, 0.15) is 5.75 Å². The average molecular weight is 303 g/mol. The third-order valence-corrected chi connectivity index (χ3v) is 4.62. The zero-order valence-corrected chi connectivity index (χ0v) is 14.2. The molecule has 0 aliphatic heterocycles. The number of rotatable bonds is 5. The van der Waals surface area contributed by atoms with Crippen LogP contribution in [0.3, 0.4) is 0 Å². The van der Waals surface area contributed by atoms with Crippen LogP contribution in [-0.2, 0) is 4.79 Å². The third kappa shape index (κ3) is 4.75. The van der Waals surface area contributed by atoms with Crippen molar-refractivity contribution in [2.75, 3.05) is 0 Å². The Kier molecular flexibility index (Phi) is 6.29. The molecular formula is C19H29NO2. The molecule has 0 aromatic heterocycles. The second-order valence-electron chi connectivity index (χ2n) is 6.46. The predicted molar refractivity (Wildman–Crippen MR) is 90.3 cm³/mol. The van der Waals surface area contributed by atoms with Crippen LogP contribution in [0.1, 0.15) is 63.0 Å². The summed E-state index contributed by atoms with van der Waals surface area (Å²) >= 11 is 0. The molecule has 0 radical (unpaired) electrons. The van der Waals surface area contributed by atoms with Gasteiger partial charge in [-0.1, -0.05) is 38.7 Å². The summed E-state index contributed by atoms with van der Waals surface area (Å²) in [5.41, 5.74) is 2.43. The maximum atomic E-state index is 12.5. The summed E-state index contributed by atoms with van der Waals surface area (Å²) in [5.74, 6) is 0.818. The number of carbonyl (C=O) groups excluding carboxylic acids is 1. The summed E-state index contributed by atoms with van der Waals surface area (Å²) in [6.45, 7) is 6.14. The van der Waals surface area contributed by atoms with Gasteiger partial charge in [0.05, 0.1) is 0 Å². The normalized spacial score (nSPS) is 17.6. The van der Waals surface area contributed by atoms with E-state index in [0.717, 1.165) is 18.6 Å². The number of aryl methyl sites for hydroxylation is 2. The van der Waals surface area contributed by atoms with E-state index in [1.807, 2.05) is 25.1 Å². The number of carbonyl (C=O) groups is 1. The molecule has 1 atom stereocenters. The first kappa shape index (κ1) is 16.9. The van der Waals surface area contributed by atoms with Crippen molar-refractivity contribution < 1.29 is 9.53 Å². The van der Waals surface area contributed by atoms with Crippen molar-refractivity contribution in [1.82, 2.24) is 5.32 Å². The van der Waals surface area contributed by atoms with Crippen molar-refractivity contribution >= 4 is 5.91 Å². The van der Waals surface area contributed by atoms with Crippen LogP contribution < -0.4 is 10.1 Å². The van der Waals surface area contributed by atoms with Crippen LogP contribution >= 0.6 is 0 Å². The number of hydrogen-bond acceptors (Lipinski definition) is 2. The molecule has 1 aromatic carbocycles. The Morgan fingerprint density at radius 3 is 2.45 bits per heavy atom. The van der Waals surface area contributed by atoms with Gasteiger partial charge in [0.25, 0.3) is 5.91 Å². The Morgan fingerprint density at radius 1 is 1.18 bits per heavy atom. The van der Waals surface area contributed by atoms with E-state index in [2.05, 4.69) is 19.2 Å². The Bertz CT molecular complexity index is 490. The summed E-state index contributed by atoms with van der Waals surface area (Å²) in [6.07, 6.45) is 7.53. The molecule has 1 aliphatic carbocycles. The van der Waals surface area contributed by atoms with Crippen molar-refractivity contribution in [3.63, 3.8) is 0 Å². The zero-order chi connectivity index (χ0) is 15.9. The minimum Gasteiger partial charge on any atom is -0.481 e. The van der Waals surface area contributed by atoms with Gasteiger partial charge in [-0.25, -0.2) is 0 Å². The molecule has 1 amide bonds. The number of amides is 1. The van der Waals surface area contributed by atoms with Crippen LogP contribution in [0, 0.1) is 13.8 Å². The van der Waals surface area contributed by atoms with E-state index >= 15 is 0 Å². The van der Waals surface area contributed by atoms with Gasteiger partial charge in [0, 0.05) is 6.04 Å². The molecule has 0 bridgehead atoms. The lowest BCUT2D eigenvalue weighted by molar-refractivity contribution is -0.128. The van der Waals surface area contributed by atoms with Gasteiger partial charge < -0.3 is 10.1 Å². The highest BCUT2D eigenvalue weighted by molar-refractivity contribution is 5.81. The van der Waals surface area contributed by atoms with Crippen LogP contribution in [0.2, 0.25) is 0 Å². The molecule has 1 N–H and O–H groups in total. The van der Waals surface area contributed by atoms with E-state index in [-0.39, 0.29) is 5.91 Å². The Hall–Kier alpha value is -1.51. The molecule has 2 rings (SSSR count). The molecule has 3 nitrogen and oxygen atoms in total. The standard InChI is InChI=1S/C19H29NO2/c1-4-18(22-17-12-11-14(2)15(3)13-17)19(21)20-16-9-7-5-6-8-10-16/h11-13,16,18H,4-10H2,1-3H3,(H,20,21). The van der Waals surface area contributed by atoms with E-state index in [1.165, 1.54) is 36.8 Å². The van der Waals surface area contributed by atoms with Crippen molar-refractivity contribution in [2.45, 2.75) is 77.9 Å². The Morgan fingerprint density at radius 2 is 1.86 bits per heavy atom. The Labute approximate surface area is 134 Å². The Balaban J connectivity index is 1.94. The monoisotopic (exact) mass is 303 g/mol. The number of hydrogen-bond donors (Lipinski definition) is 1. The van der Waals surface area contributed by atoms with Crippen molar-refractivity contribution in [3.05, 3.63) is 29.3 Å². The molecule has 1 aromatic rings. The molecule has 22 heavy (non-hydrogen) atoms. The van der Waals surface area contributed by atoms with Gasteiger partial charge in [0.15, 0.2) is 6.10 Å². The van der Waals surface area contributed by atoms with Gasteiger partial charge in [-0.15, -0.1) is 0 Å². The number of nitrogens with one attached hydrogen (secondary N) is 1. The second-order valence-corrected chi connectivity index (χ2v) is 6.46. The van der Waals surface area contributed by atoms with Crippen LogP contribution in [0.25, 0.3) is 0 Å². The molecule has 1 fully saturated rings. The molecule has 1 aliphatic rings. The van der Waals surface area contributed by atoms with E-state index in [1.54, 1.807) is 0 Å². The van der Waals surface area contributed by atoms with Crippen molar-refractivity contribution in [2.24, 2.45) is 0 Å². The molecule has 3 heteroatoms. The first-order valence-corrected chi connectivity index (χ1v) is 8.64. The lowest BCUT2D eigenvalue weighted by Crippen LogP contribution is -2.43. The fourth-order valence-corrected chi connectivity index (χ4v) is 2.99. The van der Waals surface area contributed by atoms with Gasteiger partial charge in [0.2, 0.25) is 0 Å². The second kappa shape index (κ2) is 8.21. The quantitative estimate of drug-likeness (QED) is 0.824. The molecule has 122 valence electrons. The summed E-state index contributed by atoms with van der Waals surface area (Å²) in [5, 5.41) is 3.19. The minimum atomic E-state index is -0.398. The van der Waals surface area contributed by atoms with Gasteiger partial charge >= 0.3 is 0 Å². The van der Waals surface area contributed by atoms with Crippen molar-refractivity contribution in [3.8, 4) is 5.75 Å². The summed E-state index contributed by atoms with van der Waals surface area (Å²) in [6, 6.07) is 6.33. The minimum absolute atomic E-state index is 0.0348. The summed E-state index contributed by atoms with van der Waals surface area (Å²) in [4.78, 5) is 12.5. The number of ether oxygens (including phenoxy) is 1. The molecule has 0 spiro atoms. The highest BCUT2D eigenvalue weighted by atomic mass is 16.5. The molecule has 1 saturated carbocycles. The average Bonchev–Trinajstić information content (AvgIpc) is 2.77. The fourth-order valence-electron chi connectivity index (χ4n) is 2.99. The topological polar surface area (TPSA) is 38.3 Å². The van der Waals surface area contributed by atoms with Gasteiger partial charge in [-0.3, -0.25) is 4.79 Å². The summed E-state index contributed by atoms with van der Waals surface area (Å²) < 4.78 is 5.92. The maximum Gasteiger partial charge on any atom is 0.261 e. The number of benzene rings is 1. The molecule has 1 unspecified atom stereocenters. The van der Waals surface area contributed by atoms with Crippen LogP contribution in [0.4, 0.5) is 0 Å². The molecular weight excluding hydrogens is 274 g/mol. The summed E-state index contributed by atoms with van der Waals surface area (Å²) in [7, 11) is 0. The smallest absolute Gasteiger partial charge is 0.261 e. The maximum absolute atomic E-state index is 12.5.